The maximum atomic E-state index is 14.2. The highest BCUT2D eigenvalue weighted by molar-refractivity contribution is 6.35. The summed E-state index contributed by atoms with van der Waals surface area (Å²) in [6, 6.07) is 10.1. The third kappa shape index (κ3) is 7.02. The summed E-state index contributed by atoms with van der Waals surface area (Å²) in [6.45, 7) is 7.33. The molecule has 1 aromatic carbocycles. The Kier molecular flexibility index (Phi) is 9.87. The third-order valence-corrected chi connectivity index (χ3v) is 5.62. The van der Waals surface area contributed by atoms with Crippen molar-refractivity contribution < 1.29 is 27.9 Å². The number of furan rings is 1. The van der Waals surface area contributed by atoms with Crippen LogP contribution < -0.4 is 15.5 Å². The average Bonchev–Trinajstić information content (AvgIpc) is 3.38. The van der Waals surface area contributed by atoms with Crippen LogP contribution in [0.4, 0.5) is 10.1 Å². The Morgan fingerprint density at radius 1 is 0.971 bits per heavy atom. The number of nitrogens with one attached hydrogen (secondary N) is 2. The van der Waals surface area contributed by atoms with Gasteiger partial charge in [0.2, 0.25) is 0 Å². The molecule has 0 saturated carbocycles. The second-order valence-corrected chi connectivity index (χ2v) is 7.77. The summed E-state index contributed by atoms with van der Waals surface area (Å²) in [5.74, 6) is -1.05. The normalized spacial score (nSPS) is 15.4. The number of carbonyl (C=O) groups is 2. The Morgan fingerprint density at radius 3 is 2.21 bits per heavy atom. The Bertz CT molecular complexity index is 897. The molecule has 2 heterocycles. The van der Waals surface area contributed by atoms with Crippen LogP contribution in [0, 0.1) is 5.82 Å². The molecule has 10 heteroatoms. The quantitative estimate of drug-likeness (QED) is 0.378. The van der Waals surface area contributed by atoms with Crippen molar-refractivity contribution in [3.05, 3.63) is 54.2 Å². The van der Waals surface area contributed by atoms with Crippen molar-refractivity contribution in [2.24, 2.45) is 0 Å². The number of piperazine rings is 1. The number of ether oxygens (including phenoxy) is 2. The fourth-order valence-electron chi connectivity index (χ4n) is 3.94. The maximum Gasteiger partial charge on any atom is 0.309 e. The summed E-state index contributed by atoms with van der Waals surface area (Å²) in [5.41, 5.74) is 0.582. The number of halogens is 1. The van der Waals surface area contributed by atoms with Crippen molar-refractivity contribution in [3.8, 4) is 0 Å². The fraction of sp³-hybridized carbons (Fsp3) is 0.500. The van der Waals surface area contributed by atoms with Gasteiger partial charge in [-0.05, 0) is 38.1 Å². The maximum absolute atomic E-state index is 14.2. The number of carbonyl (C=O) groups excluding carboxylic acids is 2. The smallest absolute Gasteiger partial charge is 0.309 e. The molecule has 1 fully saturated rings. The summed E-state index contributed by atoms with van der Waals surface area (Å²) < 4.78 is 30.5. The lowest BCUT2D eigenvalue weighted by Gasteiger charge is -2.39. The van der Waals surface area contributed by atoms with E-state index in [1.54, 1.807) is 24.5 Å². The summed E-state index contributed by atoms with van der Waals surface area (Å²) >= 11 is 0. The molecule has 0 bridgehead atoms. The first-order valence-electron chi connectivity index (χ1n) is 11.6. The molecular weight excluding hydrogens is 443 g/mol. The van der Waals surface area contributed by atoms with Crippen LogP contribution in [0.15, 0.2) is 47.1 Å². The van der Waals surface area contributed by atoms with Gasteiger partial charge in [0.1, 0.15) is 11.6 Å². The highest BCUT2D eigenvalue weighted by Gasteiger charge is 2.29. The van der Waals surface area contributed by atoms with Gasteiger partial charge in [-0.25, -0.2) is 4.39 Å². The van der Waals surface area contributed by atoms with E-state index in [0.29, 0.717) is 50.8 Å². The Balaban J connectivity index is 1.54. The number of rotatable bonds is 11. The van der Waals surface area contributed by atoms with Crippen LogP contribution in [0.5, 0.6) is 0 Å². The largest absolute Gasteiger partial charge is 0.468 e. The molecule has 0 aliphatic carbocycles. The molecule has 0 unspecified atom stereocenters. The molecule has 1 saturated heterocycles. The minimum atomic E-state index is -0.757. The number of amides is 2. The predicted molar refractivity (Wildman–Crippen MR) is 125 cm³/mol. The zero-order chi connectivity index (χ0) is 24.3. The number of anilines is 1. The fourth-order valence-corrected chi connectivity index (χ4v) is 3.94. The van der Waals surface area contributed by atoms with Crippen molar-refractivity contribution in [1.29, 1.82) is 0 Å². The third-order valence-electron chi connectivity index (χ3n) is 5.62. The highest BCUT2D eigenvalue weighted by atomic mass is 19.1. The van der Waals surface area contributed by atoms with Crippen LogP contribution in [-0.4, -0.2) is 75.5 Å². The van der Waals surface area contributed by atoms with Gasteiger partial charge in [0.05, 0.1) is 24.5 Å². The first-order valence-corrected chi connectivity index (χ1v) is 11.6. The second kappa shape index (κ2) is 13.1. The Labute approximate surface area is 199 Å². The van der Waals surface area contributed by atoms with Crippen molar-refractivity contribution in [2.45, 2.75) is 26.2 Å². The molecule has 1 aromatic heterocycles. The van der Waals surface area contributed by atoms with Crippen LogP contribution in [0.25, 0.3) is 0 Å². The van der Waals surface area contributed by atoms with Crippen molar-refractivity contribution in [3.63, 3.8) is 0 Å². The van der Waals surface area contributed by atoms with E-state index in [4.69, 9.17) is 13.9 Å². The number of nitrogens with zero attached hydrogens (tertiary/aromatic N) is 2. The summed E-state index contributed by atoms with van der Waals surface area (Å²) in [4.78, 5) is 28.8. The molecule has 1 atom stereocenters. The lowest BCUT2D eigenvalue weighted by Crippen LogP contribution is -2.51. The van der Waals surface area contributed by atoms with Gasteiger partial charge in [-0.3, -0.25) is 14.5 Å². The van der Waals surface area contributed by atoms with Crippen molar-refractivity contribution in [1.82, 2.24) is 15.5 Å². The molecular formula is C24H33FN4O5. The molecule has 0 spiro atoms. The van der Waals surface area contributed by atoms with Gasteiger partial charge in [-0.2, -0.15) is 0 Å². The molecule has 3 rings (SSSR count). The molecule has 2 N–H and O–H groups in total. The molecule has 0 radical (unpaired) electrons. The number of hydrogen-bond donors (Lipinski definition) is 2. The molecule has 2 aromatic rings. The van der Waals surface area contributed by atoms with E-state index in [1.165, 1.54) is 6.07 Å². The monoisotopic (exact) mass is 476 g/mol. The van der Waals surface area contributed by atoms with Crippen LogP contribution in [0.1, 0.15) is 25.6 Å². The Morgan fingerprint density at radius 2 is 1.62 bits per heavy atom. The van der Waals surface area contributed by atoms with Crippen LogP contribution in [-0.2, 0) is 19.1 Å². The summed E-state index contributed by atoms with van der Waals surface area (Å²) in [6.07, 6.45) is 0.974. The molecule has 1 aliphatic rings. The van der Waals surface area contributed by atoms with Gasteiger partial charge in [0, 0.05) is 45.9 Å². The molecule has 9 nitrogen and oxygen atoms in total. The minimum absolute atomic E-state index is 0.0769. The lowest BCUT2D eigenvalue weighted by molar-refractivity contribution is -0.146. The first kappa shape index (κ1) is 25.7. The molecule has 34 heavy (non-hydrogen) atoms. The molecule has 1 aliphatic heterocycles. The summed E-state index contributed by atoms with van der Waals surface area (Å²) in [5, 5.41) is 5.24. The van der Waals surface area contributed by atoms with Crippen molar-refractivity contribution >= 4 is 17.5 Å². The Hall–Kier alpha value is -2.95. The topological polar surface area (TPSA) is 96.3 Å². The van der Waals surface area contributed by atoms with E-state index in [2.05, 4.69) is 15.5 Å². The van der Waals surface area contributed by atoms with Crippen LogP contribution in [0.3, 0.4) is 0 Å². The van der Waals surface area contributed by atoms with E-state index in [1.807, 2.05) is 30.9 Å². The van der Waals surface area contributed by atoms with Crippen LogP contribution >= 0.6 is 0 Å². The zero-order valence-corrected chi connectivity index (χ0v) is 19.7. The van der Waals surface area contributed by atoms with Crippen molar-refractivity contribution in [2.75, 3.05) is 57.4 Å². The van der Waals surface area contributed by atoms with Gasteiger partial charge in [0.15, 0.2) is 6.29 Å². The SMILES string of the molecule is CCOC(CNC(=O)C(=O)NC[C@H](c1ccco1)N1CCN(c2ccccc2F)CC1)OCC. The first-order chi connectivity index (χ1) is 16.5. The second-order valence-electron chi connectivity index (χ2n) is 7.77. The number of benzene rings is 1. The standard InChI is InChI=1S/C24H33FN4O5/c1-3-32-22(33-4-2)17-27-24(31)23(30)26-16-20(21-10-7-15-34-21)29-13-11-28(12-14-29)19-9-6-5-8-18(19)25/h5-10,15,20,22H,3-4,11-14,16-17H2,1-2H3,(H,26,30)(H,27,31)/t20-/m1/s1. The molecule has 186 valence electrons. The highest BCUT2D eigenvalue weighted by Crippen LogP contribution is 2.25. The zero-order valence-electron chi connectivity index (χ0n) is 19.7. The van der Waals surface area contributed by atoms with Gasteiger partial charge in [-0.15, -0.1) is 0 Å². The van der Waals surface area contributed by atoms with Gasteiger partial charge in [0.25, 0.3) is 0 Å². The molecule has 2 amide bonds. The van der Waals surface area contributed by atoms with Crippen LogP contribution in [0.2, 0.25) is 0 Å². The van der Waals surface area contributed by atoms with Gasteiger partial charge >= 0.3 is 11.8 Å². The van der Waals surface area contributed by atoms with Gasteiger partial charge in [-0.1, -0.05) is 12.1 Å². The van der Waals surface area contributed by atoms with E-state index in [9.17, 15) is 14.0 Å². The number of para-hydroxylation sites is 1. The average molecular weight is 477 g/mol. The van der Waals surface area contributed by atoms with E-state index in [0.717, 1.165) is 0 Å². The number of hydrogen-bond acceptors (Lipinski definition) is 7. The predicted octanol–water partition coefficient (Wildman–Crippen LogP) is 1.91. The van der Waals surface area contributed by atoms with E-state index >= 15 is 0 Å². The van der Waals surface area contributed by atoms with E-state index < -0.39 is 18.1 Å². The minimum Gasteiger partial charge on any atom is -0.468 e. The van der Waals surface area contributed by atoms with Gasteiger partial charge < -0.3 is 29.4 Å². The van der Waals surface area contributed by atoms with E-state index in [-0.39, 0.29) is 24.9 Å². The lowest BCUT2D eigenvalue weighted by atomic mass is 10.1. The summed E-state index contributed by atoms with van der Waals surface area (Å²) in [7, 11) is 0.